The molecule has 0 amide bonds. The van der Waals surface area contributed by atoms with Crippen LogP contribution in [-0.4, -0.2) is 8.42 Å². The molecule has 0 unspecified atom stereocenters. The van der Waals surface area contributed by atoms with Crippen molar-refractivity contribution in [2.24, 2.45) is 0 Å². The number of anilines is 1. The van der Waals surface area contributed by atoms with Gasteiger partial charge in [0.2, 0.25) is 0 Å². The third-order valence-electron chi connectivity index (χ3n) is 1.50. The van der Waals surface area contributed by atoms with E-state index in [-0.39, 0.29) is 1.43 Å². The Morgan fingerprint density at radius 3 is 2.77 bits per heavy atom. The molecule has 0 radical (unpaired) electrons. The third-order valence-corrected chi connectivity index (χ3v) is 2.46. The zero-order valence-corrected chi connectivity index (χ0v) is 8.14. The van der Waals surface area contributed by atoms with Gasteiger partial charge in [-0.3, -0.25) is 4.72 Å². The van der Waals surface area contributed by atoms with E-state index in [1.165, 1.54) is 0 Å². The van der Waals surface area contributed by atoms with E-state index in [2.05, 4.69) is 11.3 Å². The average molecular weight is 199 g/mol. The van der Waals surface area contributed by atoms with Crippen LogP contribution in [0.5, 0.6) is 0 Å². The number of benzene rings is 1. The Hall–Kier alpha value is -1.29. The number of hydrogen-bond acceptors (Lipinski definition) is 2. The van der Waals surface area contributed by atoms with Crippen molar-refractivity contribution in [1.29, 1.82) is 0 Å². The Balaban J connectivity index is 0.00000169. The van der Waals surface area contributed by atoms with Crippen molar-refractivity contribution in [2.45, 2.75) is 6.92 Å². The monoisotopic (exact) mass is 199 g/mol. The van der Waals surface area contributed by atoms with Gasteiger partial charge in [-0.1, -0.05) is 18.7 Å². The summed E-state index contributed by atoms with van der Waals surface area (Å²) in [7, 11) is -3.38. The van der Waals surface area contributed by atoms with E-state index in [0.717, 1.165) is 11.0 Å². The molecule has 72 valence electrons. The van der Waals surface area contributed by atoms with Crippen molar-refractivity contribution in [3.05, 3.63) is 41.8 Å². The van der Waals surface area contributed by atoms with E-state index in [4.69, 9.17) is 0 Å². The van der Waals surface area contributed by atoms with Crippen LogP contribution in [0.25, 0.3) is 0 Å². The van der Waals surface area contributed by atoms with E-state index < -0.39 is 10.0 Å². The maximum absolute atomic E-state index is 11.1. The van der Waals surface area contributed by atoms with Gasteiger partial charge >= 0.3 is 0 Å². The van der Waals surface area contributed by atoms with Crippen molar-refractivity contribution in [1.82, 2.24) is 0 Å². The summed E-state index contributed by atoms with van der Waals surface area (Å²) in [4.78, 5) is 0. The summed E-state index contributed by atoms with van der Waals surface area (Å²) >= 11 is 0. The molecule has 4 heteroatoms. The van der Waals surface area contributed by atoms with Gasteiger partial charge in [-0.25, -0.2) is 8.42 Å². The van der Waals surface area contributed by atoms with E-state index in [9.17, 15) is 8.42 Å². The van der Waals surface area contributed by atoms with Gasteiger partial charge in [0.1, 0.15) is 0 Å². The molecule has 1 N–H and O–H groups in total. The Labute approximate surface area is 79.6 Å². The largest absolute Gasteiger partial charge is 0.280 e. The second-order valence-electron chi connectivity index (χ2n) is 2.68. The van der Waals surface area contributed by atoms with E-state index in [0.29, 0.717) is 5.69 Å². The molecule has 0 aliphatic carbocycles. The molecule has 0 fully saturated rings. The SMILES string of the molecule is C=CS(=O)(=O)Nc1cccc(C)c1.[HH]. The lowest BCUT2D eigenvalue weighted by atomic mass is 10.2. The molecule has 1 rings (SSSR count). The summed E-state index contributed by atoms with van der Waals surface area (Å²) in [6.45, 7) is 5.10. The van der Waals surface area contributed by atoms with Crippen molar-refractivity contribution >= 4 is 15.7 Å². The van der Waals surface area contributed by atoms with Crippen LogP contribution in [-0.2, 0) is 10.0 Å². The molecule has 0 aliphatic rings. The molecule has 1 aromatic carbocycles. The first-order chi connectivity index (χ1) is 6.03. The highest BCUT2D eigenvalue weighted by Gasteiger charge is 2.02. The number of rotatable bonds is 3. The lowest BCUT2D eigenvalue weighted by molar-refractivity contribution is 0.609. The molecule has 0 bridgehead atoms. The van der Waals surface area contributed by atoms with Crippen LogP contribution in [0.4, 0.5) is 5.69 Å². The van der Waals surface area contributed by atoms with Crippen molar-refractivity contribution < 1.29 is 9.84 Å². The lowest BCUT2D eigenvalue weighted by Gasteiger charge is -2.03. The lowest BCUT2D eigenvalue weighted by Crippen LogP contribution is -2.08. The molecule has 0 spiro atoms. The maximum atomic E-state index is 11.1. The van der Waals surface area contributed by atoms with Gasteiger partial charge < -0.3 is 0 Å². The molecule has 0 saturated carbocycles. The minimum atomic E-state index is -3.38. The normalized spacial score (nSPS) is 10.8. The van der Waals surface area contributed by atoms with E-state index in [1.807, 2.05) is 13.0 Å². The summed E-state index contributed by atoms with van der Waals surface area (Å²) < 4.78 is 24.5. The number of aryl methyl sites for hydroxylation is 1. The van der Waals surface area contributed by atoms with Gasteiger partial charge in [0, 0.05) is 12.5 Å². The highest BCUT2D eigenvalue weighted by molar-refractivity contribution is 7.95. The van der Waals surface area contributed by atoms with Crippen LogP contribution in [0, 0.1) is 6.92 Å². The first-order valence-electron chi connectivity index (χ1n) is 3.75. The highest BCUT2D eigenvalue weighted by atomic mass is 32.2. The molecule has 0 atom stereocenters. The number of hydrogen-bond donors (Lipinski definition) is 1. The molecular formula is C9H13NO2S. The summed E-state index contributed by atoms with van der Waals surface area (Å²) in [5, 5.41) is 0.884. The Kier molecular flexibility index (Phi) is 2.72. The zero-order valence-electron chi connectivity index (χ0n) is 7.32. The second-order valence-corrected chi connectivity index (χ2v) is 4.31. The molecule has 3 nitrogen and oxygen atoms in total. The summed E-state index contributed by atoms with van der Waals surface area (Å²) in [5.41, 5.74) is 1.56. The first-order valence-corrected chi connectivity index (χ1v) is 5.30. The molecule has 0 heterocycles. The minimum Gasteiger partial charge on any atom is -0.280 e. The standard InChI is InChI=1S/C9H11NO2S.H2/c1-3-13(11,12)10-9-6-4-5-8(2)7-9;/h3-7,10H,1H2,2H3;1H. The number of sulfonamides is 1. The smallest absolute Gasteiger partial charge is 0.254 e. The summed E-state index contributed by atoms with van der Waals surface area (Å²) in [6.07, 6.45) is 0. The van der Waals surface area contributed by atoms with Crippen LogP contribution in [0.3, 0.4) is 0 Å². The fourth-order valence-electron chi connectivity index (χ4n) is 0.914. The van der Waals surface area contributed by atoms with Crippen molar-refractivity contribution in [3.8, 4) is 0 Å². The Bertz CT molecular complexity index is 415. The van der Waals surface area contributed by atoms with Gasteiger partial charge in [-0.05, 0) is 24.6 Å². The van der Waals surface area contributed by atoms with Gasteiger partial charge in [0.25, 0.3) is 10.0 Å². The molecule has 0 saturated heterocycles. The predicted octanol–water partition coefficient (Wildman–Crippen LogP) is 2.13. The number of nitrogens with one attached hydrogen (secondary N) is 1. The van der Waals surface area contributed by atoms with E-state index >= 15 is 0 Å². The van der Waals surface area contributed by atoms with Crippen molar-refractivity contribution in [2.75, 3.05) is 4.72 Å². The summed E-state index contributed by atoms with van der Waals surface area (Å²) in [6, 6.07) is 7.12. The van der Waals surface area contributed by atoms with Crippen LogP contribution in [0.15, 0.2) is 36.3 Å². The second kappa shape index (κ2) is 3.62. The molecular weight excluding hydrogens is 186 g/mol. The fourth-order valence-corrected chi connectivity index (χ4v) is 1.45. The summed E-state index contributed by atoms with van der Waals surface area (Å²) in [5.74, 6) is 0. The third kappa shape index (κ3) is 2.91. The Morgan fingerprint density at radius 2 is 2.23 bits per heavy atom. The topological polar surface area (TPSA) is 46.2 Å². The van der Waals surface area contributed by atoms with Gasteiger partial charge in [-0.15, -0.1) is 0 Å². The molecule has 0 aromatic heterocycles. The quantitative estimate of drug-likeness (QED) is 0.810. The van der Waals surface area contributed by atoms with Crippen LogP contribution >= 0.6 is 0 Å². The zero-order chi connectivity index (χ0) is 9.90. The van der Waals surface area contributed by atoms with Gasteiger partial charge in [0.05, 0.1) is 0 Å². The molecule has 13 heavy (non-hydrogen) atoms. The van der Waals surface area contributed by atoms with Crippen LogP contribution in [0.2, 0.25) is 0 Å². The van der Waals surface area contributed by atoms with Gasteiger partial charge in [0.15, 0.2) is 0 Å². The van der Waals surface area contributed by atoms with Crippen LogP contribution in [0.1, 0.15) is 6.99 Å². The first kappa shape index (κ1) is 9.80. The maximum Gasteiger partial charge on any atom is 0.254 e. The molecule has 1 aromatic rings. The fraction of sp³-hybridized carbons (Fsp3) is 0.111. The van der Waals surface area contributed by atoms with E-state index in [1.54, 1.807) is 18.2 Å². The van der Waals surface area contributed by atoms with Gasteiger partial charge in [-0.2, -0.15) is 0 Å². The Morgan fingerprint density at radius 1 is 1.54 bits per heavy atom. The van der Waals surface area contributed by atoms with Crippen molar-refractivity contribution in [3.63, 3.8) is 0 Å². The molecule has 0 aliphatic heterocycles. The van der Waals surface area contributed by atoms with Crippen LogP contribution < -0.4 is 4.72 Å². The predicted molar refractivity (Wildman–Crippen MR) is 56.0 cm³/mol. The minimum absolute atomic E-state index is 0. The highest BCUT2D eigenvalue weighted by Crippen LogP contribution is 2.11. The average Bonchev–Trinajstić information content (AvgIpc) is 2.03.